The Morgan fingerprint density at radius 3 is 2.26 bits per heavy atom. The molecule has 0 aromatic heterocycles. The second kappa shape index (κ2) is 6.95. The average molecular weight is 287 g/mol. The van der Waals surface area contributed by atoms with Crippen molar-refractivity contribution in [1.82, 2.24) is 14.5 Å². The molecular weight excluding hydrogens is 258 g/mol. The van der Waals surface area contributed by atoms with Gasteiger partial charge >= 0.3 is 0 Å². The van der Waals surface area contributed by atoms with Crippen molar-refractivity contribution in [3.63, 3.8) is 0 Å². The van der Waals surface area contributed by atoms with Gasteiger partial charge in [0, 0.05) is 25.6 Å². The lowest BCUT2D eigenvalue weighted by atomic mass is 9.86. The van der Waals surface area contributed by atoms with Crippen molar-refractivity contribution < 1.29 is 4.79 Å². The summed E-state index contributed by atoms with van der Waals surface area (Å²) in [5.74, 6) is 0.624. The van der Waals surface area contributed by atoms with E-state index < -0.39 is 0 Å². The van der Waals surface area contributed by atoms with Gasteiger partial charge in [0.25, 0.3) is 0 Å². The molecule has 19 heavy (non-hydrogen) atoms. The molecule has 1 atom stereocenters. The van der Waals surface area contributed by atoms with Gasteiger partial charge in [-0.25, -0.2) is 0 Å². The van der Waals surface area contributed by atoms with Crippen LogP contribution in [0, 0.1) is 11.8 Å². The zero-order valence-electron chi connectivity index (χ0n) is 12.9. The maximum Gasteiger partial charge on any atom is 0.223 e. The highest BCUT2D eigenvalue weighted by molar-refractivity contribution is 7.77. The van der Waals surface area contributed by atoms with Crippen LogP contribution in [-0.4, -0.2) is 54.4 Å². The standard InChI is InChI=1S/C14H29N3OS/c1-11(2)12(3)13(18)15-14(10-16(4)5)6-8-17(19)9-7-14/h11-12,19H,6-10H2,1-5H3,(H,15,18). The van der Waals surface area contributed by atoms with Gasteiger partial charge in [-0.1, -0.05) is 33.6 Å². The van der Waals surface area contributed by atoms with Gasteiger partial charge in [-0.05, 0) is 32.9 Å². The predicted molar refractivity (Wildman–Crippen MR) is 83.2 cm³/mol. The summed E-state index contributed by atoms with van der Waals surface area (Å²) in [5, 5.41) is 3.32. The molecule has 0 aromatic rings. The number of nitrogens with one attached hydrogen (secondary N) is 1. The summed E-state index contributed by atoms with van der Waals surface area (Å²) in [6.45, 7) is 8.95. The largest absolute Gasteiger partial charge is 0.349 e. The Balaban J connectivity index is 2.72. The minimum absolute atomic E-state index is 0.0630. The number of likely N-dealkylation sites (N-methyl/N-ethyl adjacent to an activating group) is 1. The number of carbonyl (C=O) groups excluding carboxylic acids is 1. The molecule has 1 aliphatic heterocycles. The fourth-order valence-corrected chi connectivity index (χ4v) is 2.73. The summed E-state index contributed by atoms with van der Waals surface area (Å²) in [4.78, 5) is 14.5. The van der Waals surface area contributed by atoms with Crippen LogP contribution in [0.15, 0.2) is 0 Å². The zero-order valence-corrected chi connectivity index (χ0v) is 13.8. The minimum Gasteiger partial charge on any atom is -0.349 e. The van der Waals surface area contributed by atoms with Crippen molar-refractivity contribution >= 4 is 18.7 Å². The molecule has 1 heterocycles. The van der Waals surface area contributed by atoms with E-state index in [9.17, 15) is 4.79 Å². The number of thiol groups is 1. The van der Waals surface area contributed by atoms with Gasteiger partial charge in [0.05, 0.1) is 5.54 Å². The van der Waals surface area contributed by atoms with Crippen LogP contribution in [0.2, 0.25) is 0 Å². The van der Waals surface area contributed by atoms with E-state index in [-0.39, 0.29) is 17.4 Å². The molecule has 1 amide bonds. The summed E-state index contributed by atoms with van der Waals surface area (Å²) in [5.41, 5.74) is -0.0943. The topological polar surface area (TPSA) is 35.6 Å². The third-order valence-electron chi connectivity index (χ3n) is 4.12. The van der Waals surface area contributed by atoms with Gasteiger partial charge < -0.3 is 10.2 Å². The van der Waals surface area contributed by atoms with Gasteiger partial charge in [0.15, 0.2) is 0 Å². The van der Waals surface area contributed by atoms with Crippen LogP contribution < -0.4 is 5.32 Å². The fourth-order valence-electron chi connectivity index (χ4n) is 2.53. The molecule has 1 aliphatic rings. The molecule has 0 bridgehead atoms. The molecule has 1 N–H and O–H groups in total. The molecule has 4 nitrogen and oxygen atoms in total. The van der Waals surface area contributed by atoms with Crippen LogP contribution >= 0.6 is 12.8 Å². The number of rotatable bonds is 5. The molecule has 1 fully saturated rings. The van der Waals surface area contributed by atoms with Crippen LogP contribution in [0.25, 0.3) is 0 Å². The summed E-state index contributed by atoms with van der Waals surface area (Å²) >= 11 is 4.40. The lowest BCUT2D eigenvalue weighted by Gasteiger charge is -2.43. The monoisotopic (exact) mass is 287 g/mol. The molecule has 5 heteroatoms. The van der Waals surface area contributed by atoms with Gasteiger partial charge in [-0.2, -0.15) is 0 Å². The molecular formula is C14H29N3OS. The van der Waals surface area contributed by atoms with Gasteiger partial charge in [0.1, 0.15) is 0 Å². The summed E-state index contributed by atoms with van der Waals surface area (Å²) in [6.07, 6.45) is 1.93. The van der Waals surface area contributed by atoms with Crippen LogP contribution in [0.4, 0.5) is 0 Å². The van der Waals surface area contributed by atoms with E-state index in [0.717, 1.165) is 32.5 Å². The lowest BCUT2D eigenvalue weighted by molar-refractivity contribution is -0.128. The van der Waals surface area contributed by atoms with Gasteiger partial charge in [-0.3, -0.25) is 9.10 Å². The van der Waals surface area contributed by atoms with Crippen LogP contribution in [0.5, 0.6) is 0 Å². The first-order valence-corrected chi connectivity index (χ1v) is 7.56. The molecule has 0 aliphatic carbocycles. The number of hydrogen-bond acceptors (Lipinski definition) is 4. The molecule has 0 radical (unpaired) electrons. The van der Waals surface area contributed by atoms with E-state index in [2.05, 4.69) is 51.0 Å². The second-order valence-electron chi connectivity index (χ2n) is 6.49. The Morgan fingerprint density at radius 1 is 1.32 bits per heavy atom. The van der Waals surface area contributed by atoms with E-state index in [1.807, 2.05) is 11.2 Å². The molecule has 1 rings (SSSR count). The summed E-state index contributed by atoms with van der Waals surface area (Å²) in [6, 6.07) is 0. The van der Waals surface area contributed by atoms with Crippen molar-refractivity contribution in [3.05, 3.63) is 0 Å². The van der Waals surface area contributed by atoms with Crippen LogP contribution in [-0.2, 0) is 4.79 Å². The van der Waals surface area contributed by atoms with E-state index in [0.29, 0.717) is 5.92 Å². The van der Waals surface area contributed by atoms with Crippen molar-refractivity contribution in [3.8, 4) is 0 Å². The van der Waals surface area contributed by atoms with Crippen molar-refractivity contribution in [2.45, 2.75) is 39.2 Å². The number of piperidine rings is 1. The Labute approximate surface area is 123 Å². The third kappa shape index (κ3) is 4.97. The zero-order chi connectivity index (χ0) is 14.6. The normalized spacial score (nSPS) is 21.7. The summed E-state index contributed by atoms with van der Waals surface area (Å²) < 4.78 is 2.03. The molecule has 112 valence electrons. The highest BCUT2D eigenvalue weighted by Crippen LogP contribution is 2.25. The fraction of sp³-hybridized carbons (Fsp3) is 0.929. The maximum absolute atomic E-state index is 12.4. The quantitative estimate of drug-likeness (QED) is 0.755. The highest BCUT2D eigenvalue weighted by Gasteiger charge is 2.37. The lowest BCUT2D eigenvalue weighted by Crippen LogP contribution is -2.60. The Bertz CT molecular complexity index is 299. The molecule has 1 saturated heterocycles. The van der Waals surface area contributed by atoms with Gasteiger partial charge in [-0.15, -0.1) is 0 Å². The predicted octanol–water partition coefficient (Wildman–Crippen LogP) is 1.64. The number of nitrogens with zero attached hydrogens (tertiary/aromatic N) is 2. The van der Waals surface area contributed by atoms with Crippen molar-refractivity contribution in [2.24, 2.45) is 11.8 Å². The SMILES string of the molecule is CC(C)C(C)C(=O)NC1(CN(C)C)CCN(S)CC1. The van der Waals surface area contributed by atoms with E-state index >= 15 is 0 Å². The van der Waals surface area contributed by atoms with E-state index in [1.54, 1.807) is 0 Å². The Kier molecular flexibility index (Phi) is 6.15. The molecule has 0 aromatic carbocycles. The molecule has 0 saturated carbocycles. The first-order chi connectivity index (χ1) is 8.76. The number of carbonyl (C=O) groups is 1. The first-order valence-electron chi connectivity index (χ1n) is 7.16. The average Bonchev–Trinajstić information content (AvgIpc) is 2.31. The third-order valence-corrected chi connectivity index (χ3v) is 4.52. The summed E-state index contributed by atoms with van der Waals surface area (Å²) in [7, 11) is 4.12. The number of amides is 1. The second-order valence-corrected chi connectivity index (χ2v) is 7.06. The smallest absolute Gasteiger partial charge is 0.223 e. The molecule has 0 spiro atoms. The van der Waals surface area contributed by atoms with Gasteiger partial charge in [0.2, 0.25) is 5.91 Å². The Morgan fingerprint density at radius 2 is 1.84 bits per heavy atom. The Hall–Kier alpha value is -0.260. The number of hydrogen-bond donors (Lipinski definition) is 2. The van der Waals surface area contributed by atoms with Crippen LogP contribution in [0.3, 0.4) is 0 Å². The minimum atomic E-state index is -0.0943. The van der Waals surface area contributed by atoms with Crippen molar-refractivity contribution in [2.75, 3.05) is 33.7 Å². The molecule has 1 unspecified atom stereocenters. The van der Waals surface area contributed by atoms with Crippen LogP contribution in [0.1, 0.15) is 33.6 Å². The van der Waals surface area contributed by atoms with E-state index in [4.69, 9.17) is 0 Å². The van der Waals surface area contributed by atoms with E-state index in [1.165, 1.54) is 0 Å². The highest BCUT2D eigenvalue weighted by atomic mass is 32.1. The maximum atomic E-state index is 12.4. The van der Waals surface area contributed by atoms with Crippen molar-refractivity contribution in [1.29, 1.82) is 0 Å². The first kappa shape index (κ1) is 16.8.